The van der Waals surface area contributed by atoms with E-state index in [9.17, 15) is 9.18 Å². The van der Waals surface area contributed by atoms with Crippen molar-refractivity contribution in [3.63, 3.8) is 0 Å². The van der Waals surface area contributed by atoms with E-state index in [-0.39, 0.29) is 17.6 Å². The molecular weight excluding hydrogens is 225 g/mol. The van der Waals surface area contributed by atoms with Gasteiger partial charge in [0, 0.05) is 7.05 Å². The highest BCUT2D eigenvalue weighted by molar-refractivity contribution is 5.78. The summed E-state index contributed by atoms with van der Waals surface area (Å²) in [5.74, 6) is -0.160. The van der Waals surface area contributed by atoms with Crippen molar-refractivity contribution < 1.29 is 18.8 Å². The minimum Gasteiger partial charge on any atom is -0.492 e. The van der Waals surface area contributed by atoms with Crippen LogP contribution in [0.1, 0.15) is 5.56 Å². The van der Waals surface area contributed by atoms with Crippen LogP contribution in [0, 0.1) is 11.7 Å². The minimum atomic E-state index is -0.325. The molecule has 1 aromatic rings. The van der Waals surface area contributed by atoms with Gasteiger partial charge in [-0.3, -0.25) is 9.63 Å². The average Bonchev–Trinajstić information content (AvgIpc) is 2.36. The Morgan fingerprint density at radius 1 is 1.59 bits per heavy atom. The summed E-state index contributed by atoms with van der Waals surface area (Å²) in [5, 5.41) is 1.16. The Kier molecular flexibility index (Phi) is 3.28. The van der Waals surface area contributed by atoms with Gasteiger partial charge in [-0.25, -0.2) is 9.45 Å². The number of carbonyl (C=O) groups excluding carboxylic acids is 1. The standard InChI is InChI=1S/C12H14FNO3/c1-14(16-2)12(15)9-5-8-6-10(13)3-4-11(8)17-7-9/h3-4,6,9H,5,7H2,1-2H3/t9-/m0/s1. The number of benzene rings is 1. The third kappa shape index (κ3) is 2.39. The van der Waals surface area contributed by atoms with Crippen LogP contribution in [0.15, 0.2) is 18.2 Å². The maximum Gasteiger partial charge on any atom is 0.252 e. The van der Waals surface area contributed by atoms with Crippen molar-refractivity contribution in [3.05, 3.63) is 29.6 Å². The molecular formula is C12H14FNO3. The van der Waals surface area contributed by atoms with Crippen LogP contribution in [-0.4, -0.2) is 31.7 Å². The van der Waals surface area contributed by atoms with Crippen LogP contribution < -0.4 is 4.74 Å². The van der Waals surface area contributed by atoms with Crippen molar-refractivity contribution in [2.45, 2.75) is 6.42 Å². The Morgan fingerprint density at radius 3 is 3.06 bits per heavy atom. The van der Waals surface area contributed by atoms with Gasteiger partial charge in [-0.05, 0) is 30.2 Å². The molecule has 92 valence electrons. The van der Waals surface area contributed by atoms with E-state index in [1.165, 1.54) is 19.2 Å². The Hall–Kier alpha value is -1.62. The van der Waals surface area contributed by atoms with Crippen molar-refractivity contribution in [2.75, 3.05) is 20.8 Å². The van der Waals surface area contributed by atoms with Crippen LogP contribution in [0.5, 0.6) is 5.75 Å². The molecule has 0 bridgehead atoms. The number of hydrogen-bond donors (Lipinski definition) is 0. The van der Waals surface area contributed by atoms with Crippen LogP contribution in [0.2, 0.25) is 0 Å². The number of hydrogen-bond acceptors (Lipinski definition) is 3. The first-order valence-electron chi connectivity index (χ1n) is 5.34. The fourth-order valence-corrected chi connectivity index (χ4v) is 1.87. The molecule has 0 aliphatic carbocycles. The molecule has 0 fully saturated rings. The van der Waals surface area contributed by atoms with Gasteiger partial charge in [0.25, 0.3) is 5.91 Å². The largest absolute Gasteiger partial charge is 0.492 e. The second kappa shape index (κ2) is 4.71. The summed E-state index contributed by atoms with van der Waals surface area (Å²) in [7, 11) is 2.97. The number of ether oxygens (including phenoxy) is 1. The number of fused-ring (bicyclic) bond motifs is 1. The third-order valence-corrected chi connectivity index (χ3v) is 2.86. The van der Waals surface area contributed by atoms with Crippen LogP contribution in [0.4, 0.5) is 4.39 Å². The van der Waals surface area contributed by atoms with Crippen LogP contribution >= 0.6 is 0 Å². The fourth-order valence-electron chi connectivity index (χ4n) is 1.87. The number of hydroxylamine groups is 2. The van der Waals surface area contributed by atoms with Gasteiger partial charge in [0.1, 0.15) is 18.2 Å². The van der Waals surface area contributed by atoms with Crippen molar-refractivity contribution in [1.82, 2.24) is 5.06 Å². The summed E-state index contributed by atoms with van der Waals surface area (Å²) in [6.07, 6.45) is 0.472. The Bertz CT molecular complexity index is 436. The molecule has 0 saturated carbocycles. The lowest BCUT2D eigenvalue weighted by Gasteiger charge is -2.27. The minimum absolute atomic E-state index is 0.164. The highest BCUT2D eigenvalue weighted by Gasteiger charge is 2.28. The van der Waals surface area contributed by atoms with Gasteiger partial charge < -0.3 is 4.74 Å². The lowest BCUT2D eigenvalue weighted by atomic mass is 9.96. The summed E-state index contributed by atoms with van der Waals surface area (Å²) in [6.45, 7) is 0.297. The molecule has 1 aliphatic rings. The zero-order chi connectivity index (χ0) is 12.4. The number of rotatable bonds is 2. The smallest absolute Gasteiger partial charge is 0.252 e. The van der Waals surface area contributed by atoms with Gasteiger partial charge >= 0.3 is 0 Å². The van der Waals surface area contributed by atoms with Crippen molar-refractivity contribution in [1.29, 1.82) is 0 Å². The highest BCUT2D eigenvalue weighted by Crippen LogP contribution is 2.28. The predicted octanol–water partition coefficient (Wildman–Crippen LogP) is 1.40. The summed E-state index contributed by atoms with van der Waals surface area (Å²) >= 11 is 0. The molecule has 2 rings (SSSR count). The normalized spacial score (nSPS) is 18.2. The lowest BCUT2D eigenvalue weighted by Crippen LogP contribution is -2.38. The highest BCUT2D eigenvalue weighted by atomic mass is 19.1. The van der Waals surface area contributed by atoms with Gasteiger partial charge in [-0.15, -0.1) is 0 Å². The number of halogens is 1. The zero-order valence-corrected chi connectivity index (χ0v) is 9.77. The van der Waals surface area contributed by atoms with E-state index in [0.717, 1.165) is 10.6 Å². The first-order valence-corrected chi connectivity index (χ1v) is 5.34. The number of carbonyl (C=O) groups is 1. The first kappa shape index (κ1) is 11.9. The van der Waals surface area contributed by atoms with Gasteiger partial charge in [-0.2, -0.15) is 0 Å². The summed E-state index contributed by atoms with van der Waals surface area (Å²) in [6, 6.07) is 4.34. The van der Waals surface area contributed by atoms with E-state index in [2.05, 4.69) is 0 Å². The quantitative estimate of drug-likeness (QED) is 0.732. The SMILES string of the molecule is CON(C)C(=O)[C@@H]1COc2ccc(F)cc2C1. The number of amides is 1. The topological polar surface area (TPSA) is 38.8 Å². The van der Waals surface area contributed by atoms with Crippen LogP contribution in [0.25, 0.3) is 0 Å². The predicted molar refractivity (Wildman–Crippen MR) is 58.9 cm³/mol. The summed E-state index contributed by atoms with van der Waals surface area (Å²) in [4.78, 5) is 16.7. The maximum atomic E-state index is 13.1. The fraction of sp³-hybridized carbons (Fsp3) is 0.417. The second-order valence-corrected chi connectivity index (χ2v) is 3.98. The van der Waals surface area contributed by atoms with Gasteiger partial charge in [0.05, 0.1) is 13.0 Å². The maximum absolute atomic E-state index is 13.1. The molecule has 0 N–H and O–H groups in total. The molecule has 1 amide bonds. The van der Waals surface area contributed by atoms with E-state index in [0.29, 0.717) is 18.8 Å². The molecule has 5 heteroatoms. The molecule has 1 aliphatic heterocycles. The summed E-state index contributed by atoms with van der Waals surface area (Å²) < 4.78 is 18.5. The monoisotopic (exact) mass is 239 g/mol. The van der Waals surface area contributed by atoms with E-state index in [1.54, 1.807) is 13.1 Å². The molecule has 0 unspecified atom stereocenters. The van der Waals surface area contributed by atoms with E-state index in [1.807, 2.05) is 0 Å². The van der Waals surface area contributed by atoms with Crippen molar-refractivity contribution in [3.8, 4) is 5.75 Å². The Labute approximate surface area is 98.9 Å². The molecule has 0 spiro atoms. The van der Waals surface area contributed by atoms with Gasteiger partial charge in [0.15, 0.2) is 0 Å². The van der Waals surface area contributed by atoms with Crippen LogP contribution in [-0.2, 0) is 16.1 Å². The number of nitrogens with zero attached hydrogens (tertiary/aromatic N) is 1. The lowest BCUT2D eigenvalue weighted by molar-refractivity contribution is -0.174. The molecule has 4 nitrogen and oxygen atoms in total. The van der Waals surface area contributed by atoms with Crippen molar-refractivity contribution in [2.24, 2.45) is 5.92 Å². The molecule has 0 saturated heterocycles. The van der Waals surface area contributed by atoms with Gasteiger partial charge in [-0.1, -0.05) is 0 Å². The summed E-state index contributed by atoms with van der Waals surface area (Å²) in [5.41, 5.74) is 0.721. The molecule has 0 radical (unpaired) electrons. The molecule has 1 heterocycles. The Balaban J connectivity index is 2.15. The van der Waals surface area contributed by atoms with Crippen LogP contribution in [0.3, 0.4) is 0 Å². The van der Waals surface area contributed by atoms with E-state index < -0.39 is 0 Å². The van der Waals surface area contributed by atoms with Crippen molar-refractivity contribution >= 4 is 5.91 Å². The average molecular weight is 239 g/mol. The molecule has 1 atom stereocenters. The van der Waals surface area contributed by atoms with E-state index in [4.69, 9.17) is 9.57 Å². The first-order chi connectivity index (χ1) is 8.11. The van der Waals surface area contributed by atoms with E-state index >= 15 is 0 Å². The second-order valence-electron chi connectivity index (χ2n) is 3.98. The Morgan fingerprint density at radius 2 is 2.35 bits per heavy atom. The third-order valence-electron chi connectivity index (χ3n) is 2.86. The molecule has 1 aromatic carbocycles. The van der Waals surface area contributed by atoms with Gasteiger partial charge in [0.2, 0.25) is 0 Å². The zero-order valence-electron chi connectivity index (χ0n) is 9.77. The molecule has 17 heavy (non-hydrogen) atoms. The molecule has 0 aromatic heterocycles.